The van der Waals surface area contributed by atoms with Crippen LogP contribution >= 0.6 is 11.6 Å². The molecule has 4 nitrogen and oxygen atoms in total. The number of fused-ring (bicyclic) bond motifs is 1. The van der Waals surface area contributed by atoms with E-state index < -0.39 is 5.97 Å². The highest BCUT2D eigenvalue weighted by Crippen LogP contribution is 2.19. The van der Waals surface area contributed by atoms with Crippen LogP contribution in [-0.2, 0) is 11.2 Å². The molecule has 0 fully saturated rings. The maximum atomic E-state index is 10.7. The number of nitrogens with zero attached hydrogens (tertiary/aromatic N) is 2. The van der Waals surface area contributed by atoms with E-state index in [1.54, 1.807) is 29.7 Å². The molecule has 78 valence electrons. The summed E-state index contributed by atoms with van der Waals surface area (Å²) in [5.74, 6) is -0.875. The molecule has 0 aliphatic rings. The van der Waals surface area contributed by atoms with Crippen LogP contribution in [0.4, 0.5) is 0 Å². The van der Waals surface area contributed by atoms with Crippen LogP contribution in [0.3, 0.4) is 0 Å². The van der Waals surface area contributed by atoms with Gasteiger partial charge in [0, 0.05) is 6.20 Å². The van der Waals surface area contributed by atoms with Gasteiger partial charge in [0.1, 0.15) is 0 Å². The van der Waals surface area contributed by atoms with E-state index in [0.29, 0.717) is 22.1 Å². The third-order valence-corrected chi connectivity index (χ3v) is 2.52. The van der Waals surface area contributed by atoms with Gasteiger partial charge in [-0.15, -0.1) is 0 Å². The summed E-state index contributed by atoms with van der Waals surface area (Å²) in [7, 11) is 0. The number of aryl methyl sites for hydroxylation is 1. The monoisotopic (exact) mass is 224 g/mol. The minimum atomic E-state index is -0.875. The maximum Gasteiger partial charge on any atom is 0.309 e. The van der Waals surface area contributed by atoms with E-state index in [1.807, 2.05) is 0 Å². The van der Waals surface area contributed by atoms with Gasteiger partial charge in [-0.05, 0) is 19.1 Å². The Morgan fingerprint density at radius 2 is 2.40 bits per heavy atom. The lowest BCUT2D eigenvalue weighted by Gasteiger charge is -1.99. The molecular weight excluding hydrogens is 216 g/mol. The quantitative estimate of drug-likeness (QED) is 0.848. The van der Waals surface area contributed by atoms with Crippen molar-refractivity contribution in [2.75, 3.05) is 0 Å². The van der Waals surface area contributed by atoms with Gasteiger partial charge >= 0.3 is 5.97 Å². The third-order valence-electron chi connectivity index (χ3n) is 2.22. The third kappa shape index (κ3) is 1.68. The predicted molar refractivity (Wildman–Crippen MR) is 56.3 cm³/mol. The Morgan fingerprint density at radius 1 is 1.67 bits per heavy atom. The Kier molecular flexibility index (Phi) is 2.36. The zero-order valence-electron chi connectivity index (χ0n) is 8.07. The van der Waals surface area contributed by atoms with Gasteiger partial charge in [-0.1, -0.05) is 11.6 Å². The first-order valence-electron chi connectivity index (χ1n) is 4.43. The van der Waals surface area contributed by atoms with E-state index in [-0.39, 0.29) is 6.42 Å². The zero-order chi connectivity index (χ0) is 11.0. The molecule has 0 spiro atoms. The van der Waals surface area contributed by atoms with Crippen LogP contribution in [0, 0.1) is 6.92 Å². The zero-order valence-corrected chi connectivity index (χ0v) is 8.82. The van der Waals surface area contributed by atoms with Gasteiger partial charge in [0.25, 0.3) is 0 Å². The Balaban J connectivity index is 2.68. The molecule has 0 saturated heterocycles. The van der Waals surface area contributed by atoms with Crippen molar-refractivity contribution >= 4 is 23.2 Å². The van der Waals surface area contributed by atoms with Crippen molar-refractivity contribution in [3.63, 3.8) is 0 Å². The Bertz CT molecular complexity index is 533. The lowest BCUT2D eigenvalue weighted by atomic mass is 10.2. The number of halogens is 1. The molecule has 0 aliphatic heterocycles. The van der Waals surface area contributed by atoms with Crippen LogP contribution in [-0.4, -0.2) is 20.5 Å². The molecule has 0 amide bonds. The van der Waals surface area contributed by atoms with Crippen LogP contribution in [0.25, 0.3) is 5.65 Å². The average Bonchev–Trinajstić information content (AvgIpc) is 2.45. The highest BCUT2D eigenvalue weighted by molar-refractivity contribution is 6.33. The molecule has 1 N–H and O–H groups in total. The fourth-order valence-electron chi connectivity index (χ4n) is 1.55. The summed E-state index contributed by atoms with van der Waals surface area (Å²) >= 11 is 5.95. The molecule has 2 heterocycles. The smallest absolute Gasteiger partial charge is 0.309 e. The van der Waals surface area contributed by atoms with Gasteiger partial charge in [-0.25, -0.2) is 4.98 Å². The summed E-state index contributed by atoms with van der Waals surface area (Å²) < 4.78 is 1.71. The number of hydrogen-bond acceptors (Lipinski definition) is 2. The van der Waals surface area contributed by atoms with Crippen LogP contribution in [0.2, 0.25) is 5.02 Å². The van der Waals surface area contributed by atoms with Gasteiger partial charge in [0.2, 0.25) is 0 Å². The van der Waals surface area contributed by atoms with Crippen molar-refractivity contribution in [2.45, 2.75) is 13.3 Å². The second-order valence-corrected chi connectivity index (χ2v) is 3.67. The maximum absolute atomic E-state index is 10.7. The lowest BCUT2D eigenvalue weighted by Crippen LogP contribution is -2.04. The molecule has 0 aliphatic carbocycles. The summed E-state index contributed by atoms with van der Waals surface area (Å²) in [6.07, 6.45) is 1.72. The average molecular weight is 225 g/mol. The fourth-order valence-corrected chi connectivity index (χ4v) is 1.76. The van der Waals surface area contributed by atoms with Gasteiger partial charge in [0.05, 0.1) is 22.8 Å². The van der Waals surface area contributed by atoms with E-state index >= 15 is 0 Å². The van der Waals surface area contributed by atoms with Crippen LogP contribution in [0.5, 0.6) is 0 Å². The number of hydrogen-bond donors (Lipinski definition) is 1. The second-order valence-electron chi connectivity index (χ2n) is 3.26. The van der Waals surface area contributed by atoms with Crippen LogP contribution in [0.15, 0.2) is 18.3 Å². The number of carboxylic acids is 1. The highest BCUT2D eigenvalue weighted by Gasteiger charge is 2.13. The highest BCUT2D eigenvalue weighted by atomic mass is 35.5. The minimum Gasteiger partial charge on any atom is -0.481 e. The number of aromatic nitrogens is 2. The molecule has 0 saturated carbocycles. The van der Waals surface area contributed by atoms with Crippen LogP contribution < -0.4 is 0 Å². The standard InChI is InChI=1S/C10H9ClN2O2/c1-6-8(5-9(14)15)13-4-2-3-7(11)10(13)12-6/h2-4H,5H2,1H3,(H,14,15). The van der Waals surface area contributed by atoms with Crippen molar-refractivity contribution in [2.24, 2.45) is 0 Å². The molecule has 15 heavy (non-hydrogen) atoms. The van der Waals surface area contributed by atoms with Crippen LogP contribution in [0.1, 0.15) is 11.4 Å². The second kappa shape index (κ2) is 3.55. The van der Waals surface area contributed by atoms with Gasteiger partial charge in [-0.3, -0.25) is 4.79 Å². The van der Waals surface area contributed by atoms with Gasteiger partial charge in [-0.2, -0.15) is 0 Å². The first-order valence-corrected chi connectivity index (χ1v) is 4.81. The van der Waals surface area contributed by atoms with Crippen molar-refractivity contribution in [1.82, 2.24) is 9.38 Å². The van der Waals surface area contributed by atoms with Crippen molar-refractivity contribution in [1.29, 1.82) is 0 Å². The molecule has 0 aromatic carbocycles. The Labute approximate surface area is 91.1 Å². The van der Waals surface area contributed by atoms with E-state index in [2.05, 4.69) is 4.98 Å². The lowest BCUT2D eigenvalue weighted by molar-refractivity contribution is -0.136. The number of rotatable bonds is 2. The van der Waals surface area contributed by atoms with Gasteiger partial charge < -0.3 is 9.51 Å². The first-order chi connectivity index (χ1) is 7.09. The number of imidazole rings is 1. The van der Waals surface area contributed by atoms with Crippen molar-refractivity contribution < 1.29 is 9.90 Å². The van der Waals surface area contributed by atoms with E-state index in [0.717, 1.165) is 0 Å². The SMILES string of the molecule is Cc1nc2c(Cl)cccn2c1CC(=O)O. The molecule has 0 radical (unpaired) electrons. The molecule has 0 unspecified atom stereocenters. The van der Waals surface area contributed by atoms with Gasteiger partial charge in [0.15, 0.2) is 5.65 Å². The predicted octanol–water partition coefficient (Wildman–Crippen LogP) is 1.92. The largest absolute Gasteiger partial charge is 0.481 e. The van der Waals surface area contributed by atoms with E-state index in [1.165, 1.54) is 0 Å². The van der Waals surface area contributed by atoms with E-state index in [9.17, 15) is 4.79 Å². The number of pyridine rings is 1. The van der Waals surface area contributed by atoms with Crippen molar-refractivity contribution in [3.05, 3.63) is 34.7 Å². The molecule has 0 bridgehead atoms. The summed E-state index contributed by atoms with van der Waals surface area (Å²) in [5.41, 5.74) is 1.97. The van der Waals surface area contributed by atoms with Crippen molar-refractivity contribution in [3.8, 4) is 0 Å². The minimum absolute atomic E-state index is 0.0483. The topological polar surface area (TPSA) is 54.6 Å². The number of aliphatic carboxylic acids is 1. The molecular formula is C10H9ClN2O2. The first kappa shape index (κ1) is 9.98. The summed E-state index contributed by atoms with van der Waals surface area (Å²) in [4.78, 5) is 14.9. The summed E-state index contributed by atoms with van der Waals surface area (Å²) in [5, 5.41) is 9.29. The number of carbonyl (C=O) groups is 1. The normalized spacial score (nSPS) is 10.8. The molecule has 2 rings (SSSR count). The molecule has 2 aromatic rings. The Hall–Kier alpha value is -1.55. The summed E-state index contributed by atoms with van der Waals surface area (Å²) in [6, 6.07) is 3.50. The number of carboxylic acid groups (broad SMARTS) is 1. The molecule has 0 atom stereocenters. The van der Waals surface area contributed by atoms with E-state index in [4.69, 9.17) is 16.7 Å². The Morgan fingerprint density at radius 3 is 3.07 bits per heavy atom. The molecule has 5 heteroatoms. The molecule has 2 aromatic heterocycles. The fraction of sp³-hybridized carbons (Fsp3) is 0.200. The summed E-state index contributed by atoms with van der Waals surface area (Å²) in [6.45, 7) is 1.78.